The van der Waals surface area contributed by atoms with Crippen molar-refractivity contribution in [2.75, 3.05) is 26.1 Å². The van der Waals surface area contributed by atoms with Crippen LogP contribution in [-0.4, -0.2) is 37.0 Å². The molecule has 1 rings (SSSR count). The van der Waals surface area contributed by atoms with E-state index in [1.165, 1.54) is 12.3 Å². The fourth-order valence-electron chi connectivity index (χ4n) is 0.944. The molecule has 1 N–H and O–H groups in total. The predicted octanol–water partition coefficient (Wildman–Crippen LogP) is 0.379. The second-order valence-electron chi connectivity index (χ2n) is 2.66. The molecule has 0 fully saturated rings. The fourth-order valence-corrected chi connectivity index (χ4v) is 0.944. The van der Waals surface area contributed by atoms with Gasteiger partial charge < -0.3 is 14.8 Å². The summed E-state index contributed by atoms with van der Waals surface area (Å²) in [6, 6.07) is 3.47. The first kappa shape index (κ1) is 11.4. The highest BCUT2D eigenvalue weighted by Gasteiger charge is 2.05. The Labute approximate surface area is 87.9 Å². The molecule has 0 saturated heterocycles. The zero-order valence-corrected chi connectivity index (χ0v) is 8.60. The lowest BCUT2D eigenvalue weighted by atomic mass is 10.4. The lowest BCUT2D eigenvalue weighted by molar-refractivity contribution is -0.0914. The van der Waals surface area contributed by atoms with Crippen LogP contribution >= 0.6 is 0 Å². The van der Waals surface area contributed by atoms with E-state index in [1.54, 1.807) is 14.2 Å². The van der Waals surface area contributed by atoms with Crippen molar-refractivity contribution in [3.63, 3.8) is 0 Å². The highest BCUT2D eigenvalue weighted by molar-refractivity contribution is 5.29. The molecule has 0 saturated carbocycles. The molecule has 0 amide bonds. The van der Waals surface area contributed by atoms with Gasteiger partial charge in [0.15, 0.2) is 6.29 Å². The van der Waals surface area contributed by atoms with Crippen molar-refractivity contribution < 1.29 is 9.47 Å². The van der Waals surface area contributed by atoms with Crippen LogP contribution in [0.1, 0.15) is 5.69 Å². The van der Waals surface area contributed by atoms with Crippen molar-refractivity contribution in [2.24, 2.45) is 0 Å². The number of anilines is 1. The molecule has 0 radical (unpaired) electrons. The number of nitrogens with one attached hydrogen (secondary N) is 1. The van der Waals surface area contributed by atoms with E-state index < -0.39 is 0 Å². The minimum atomic E-state index is -0.362. The van der Waals surface area contributed by atoms with Crippen LogP contribution in [0.25, 0.3) is 0 Å². The normalized spacial score (nSPS) is 10.0. The summed E-state index contributed by atoms with van der Waals surface area (Å²) in [5.74, 6) is 0.383. The van der Waals surface area contributed by atoms with Gasteiger partial charge in [-0.3, -0.25) is 0 Å². The largest absolute Gasteiger partial charge is 0.354 e. The van der Waals surface area contributed by atoms with Gasteiger partial charge in [-0.1, -0.05) is 0 Å². The molecule has 0 spiro atoms. The van der Waals surface area contributed by atoms with Crippen molar-refractivity contribution >= 4 is 5.95 Å². The van der Waals surface area contributed by atoms with E-state index in [4.69, 9.17) is 14.7 Å². The molecule has 80 valence electrons. The van der Waals surface area contributed by atoms with E-state index >= 15 is 0 Å². The molecule has 1 aromatic rings. The Hall–Kier alpha value is -1.71. The zero-order valence-electron chi connectivity index (χ0n) is 8.60. The average molecular weight is 208 g/mol. The number of nitrogens with zero attached hydrogens (tertiary/aromatic N) is 3. The quantitative estimate of drug-likeness (QED) is 0.704. The Balaban J connectivity index is 2.54. The Morgan fingerprint density at radius 3 is 2.87 bits per heavy atom. The maximum atomic E-state index is 8.61. The van der Waals surface area contributed by atoms with Crippen LogP contribution in [0.15, 0.2) is 12.3 Å². The van der Waals surface area contributed by atoms with Crippen molar-refractivity contribution in [2.45, 2.75) is 6.29 Å². The zero-order chi connectivity index (χ0) is 11.1. The summed E-state index contributed by atoms with van der Waals surface area (Å²) >= 11 is 0. The van der Waals surface area contributed by atoms with E-state index in [0.717, 1.165) is 0 Å². The van der Waals surface area contributed by atoms with E-state index in [0.29, 0.717) is 18.2 Å². The van der Waals surface area contributed by atoms with E-state index in [-0.39, 0.29) is 6.29 Å². The Kier molecular flexibility index (Phi) is 4.47. The molecule has 6 nitrogen and oxygen atoms in total. The molecule has 0 bridgehead atoms. The van der Waals surface area contributed by atoms with Crippen LogP contribution in [0.5, 0.6) is 0 Å². The van der Waals surface area contributed by atoms with Crippen molar-refractivity contribution in [3.8, 4) is 6.07 Å². The SMILES string of the molecule is COC(CNc1nccc(C#N)n1)OC. The Morgan fingerprint density at radius 2 is 2.27 bits per heavy atom. The van der Waals surface area contributed by atoms with Crippen LogP contribution in [-0.2, 0) is 9.47 Å². The van der Waals surface area contributed by atoms with Gasteiger partial charge in [-0.05, 0) is 6.07 Å². The van der Waals surface area contributed by atoms with Gasteiger partial charge in [0.05, 0.1) is 6.54 Å². The van der Waals surface area contributed by atoms with Gasteiger partial charge in [0.1, 0.15) is 11.8 Å². The molecule has 1 heterocycles. The molecule has 0 aliphatic rings. The number of rotatable bonds is 5. The molecular weight excluding hydrogens is 196 g/mol. The van der Waals surface area contributed by atoms with Gasteiger partial charge in [0.2, 0.25) is 5.95 Å². The molecule has 15 heavy (non-hydrogen) atoms. The Bertz CT molecular complexity index is 346. The summed E-state index contributed by atoms with van der Waals surface area (Å²) in [4.78, 5) is 7.88. The molecule has 0 unspecified atom stereocenters. The minimum Gasteiger partial charge on any atom is -0.354 e. The van der Waals surface area contributed by atoms with Crippen molar-refractivity contribution in [3.05, 3.63) is 18.0 Å². The third-order valence-corrected chi connectivity index (χ3v) is 1.72. The van der Waals surface area contributed by atoms with E-state index in [2.05, 4.69) is 15.3 Å². The van der Waals surface area contributed by atoms with Gasteiger partial charge in [-0.2, -0.15) is 5.26 Å². The van der Waals surface area contributed by atoms with Crippen LogP contribution in [0, 0.1) is 11.3 Å². The van der Waals surface area contributed by atoms with E-state index in [1.807, 2.05) is 6.07 Å². The monoisotopic (exact) mass is 208 g/mol. The second-order valence-corrected chi connectivity index (χ2v) is 2.66. The standard InChI is InChI=1S/C9H12N4O2/c1-14-8(15-2)6-12-9-11-4-3-7(5-10)13-9/h3-4,8H,6H2,1-2H3,(H,11,12,13). The first-order valence-electron chi connectivity index (χ1n) is 4.32. The molecule has 1 aromatic heterocycles. The number of ether oxygens (including phenoxy) is 2. The third-order valence-electron chi connectivity index (χ3n) is 1.72. The summed E-state index contributed by atoms with van der Waals surface area (Å²) in [6.45, 7) is 0.419. The highest BCUT2D eigenvalue weighted by Crippen LogP contribution is 2.00. The molecule has 0 aliphatic heterocycles. The maximum Gasteiger partial charge on any atom is 0.224 e. The van der Waals surface area contributed by atoms with Gasteiger partial charge >= 0.3 is 0 Å². The summed E-state index contributed by atoms with van der Waals surface area (Å²) < 4.78 is 9.94. The van der Waals surface area contributed by atoms with Crippen LogP contribution in [0.3, 0.4) is 0 Å². The number of hydrogen-bond donors (Lipinski definition) is 1. The topological polar surface area (TPSA) is 80.1 Å². The number of aromatic nitrogens is 2. The molecule has 0 aliphatic carbocycles. The molecule has 6 heteroatoms. The Morgan fingerprint density at radius 1 is 1.53 bits per heavy atom. The number of methoxy groups -OCH3 is 2. The summed E-state index contributed by atoms with van der Waals surface area (Å²) in [5, 5.41) is 11.5. The summed E-state index contributed by atoms with van der Waals surface area (Å²) in [6.07, 6.45) is 1.15. The van der Waals surface area contributed by atoms with Crippen molar-refractivity contribution in [1.82, 2.24) is 9.97 Å². The fraction of sp³-hybridized carbons (Fsp3) is 0.444. The first-order valence-corrected chi connectivity index (χ1v) is 4.32. The van der Waals surface area contributed by atoms with Gasteiger partial charge in [0, 0.05) is 20.4 Å². The van der Waals surface area contributed by atoms with E-state index in [9.17, 15) is 0 Å². The molecule has 0 atom stereocenters. The molecule has 0 aromatic carbocycles. The van der Waals surface area contributed by atoms with Crippen LogP contribution in [0.4, 0.5) is 5.95 Å². The predicted molar refractivity (Wildman–Crippen MR) is 53.0 cm³/mol. The smallest absolute Gasteiger partial charge is 0.224 e. The average Bonchev–Trinajstić information content (AvgIpc) is 2.31. The van der Waals surface area contributed by atoms with Crippen molar-refractivity contribution in [1.29, 1.82) is 5.26 Å². The second kappa shape index (κ2) is 5.90. The maximum absolute atomic E-state index is 8.61. The summed E-state index contributed by atoms with van der Waals surface area (Å²) in [5.41, 5.74) is 0.318. The van der Waals surface area contributed by atoms with Crippen LogP contribution < -0.4 is 5.32 Å². The lowest BCUT2D eigenvalue weighted by Crippen LogP contribution is -2.24. The number of nitriles is 1. The third kappa shape index (κ3) is 3.50. The van der Waals surface area contributed by atoms with Crippen LogP contribution in [0.2, 0.25) is 0 Å². The van der Waals surface area contributed by atoms with Gasteiger partial charge in [-0.25, -0.2) is 9.97 Å². The lowest BCUT2D eigenvalue weighted by Gasteiger charge is -2.13. The van der Waals surface area contributed by atoms with Gasteiger partial charge in [0.25, 0.3) is 0 Å². The molecular formula is C9H12N4O2. The highest BCUT2D eigenvalue weighted by atomic mass is 16.7. The number of hydrogen-bond acceptors (Lipinski definition) is 6. The summed E-state index contributed by atoms with van der Waals surface area (Å²) in [7, 11) is 3.09. The first-order chi connectivity index (χ1) is 7.30. The minimum absolute atomic E-state index is 0.318. The van der Waals surface area contributed by atoms with Gasteiger partial charge in [-0.15, -0.1) is 0 Å².